The normalized spacial score (nSPS) is 20.9. The van der Waals surface area contributed by atoms with Crippen molar-refractivity contribution < 1.29 is 39.8 Å². The van der Waals surface area contributed by atoms with Crippen molar-refractivity contribution in [3.05, 3.63) is 60.8 Å². The second kappa shape index (κ2) is 41.9. The Labute approximate surface area is 373 Å². The maximum absolute atomic E-state index is 13.0. The van der Waals surface area contributed by atoms with Gasteiger partial charge in [-0.25, -0.2) is 0 Å². The number of ether oxygens (including phenoxy) is 2. The molecule has 1 heterocycles. The lowest BCUT2D eigenvalue weighted by Crippen LogP contribution is -2.60. The van der Waals surface area contributed by atoms with Crippen molar-refractivity contribution in [2.24, 2.45) is 0 Å². The van der Waals surface area contributed by atoms with E-state index in [-0.39, 0.29) is 12.5 Å². The van der Waals surface area contributed by atoms with Crippen molar-refractivity contribution in [3.63, 3.8) is 0 Å². The molecule has 1 amide bonds. The summed E-state index contributed by atoms with van der Waals surface area (Å²) in [5.41, 5.74) is 0. The van der Waals surface area contributed by atoms with Crippen molar-refractivity contribution in [3.8, 4) is 0 Å². The first-order valence-corrected chi connectivity index (χ1v) is 25.0. The van der Waals surface area contributed by atoms with Crippen molar-refractivity contribution in [1.82, 2.24) is 5.32 Å². The number of aliphatic hydroxyl groups is 5. The molecule has 0 radical (unpaired) electrons. The zero-order valence-corrected chi connectivity index (χ0v) is 38.9. The molecule has 1 aliphatic rings. The van der Waals surface area contributed by atoms with E-state index in [2.05, 4.69) is 67.8 Å². The number of hydrogen-bond acceptors (Lipinski definition) is 8. The van der Waals surface area contributed by atoms with Gasteiger partial charge in [0.1, 0.15) is 24.4 Å². The summed E-state index contributed by atoms with van der Waals surface area (Å²) < 4.78 is 11.2. The Morgan fingerprint density at radius 1 is 0.557 bits per heavy atom. The van der Waals surface area contributed by atoms with Crippen LogP contribution in [-0.2, 0) is 14.3 Å². The molecule has 0 bridgehead atoms. The molecule has 0 aliphatic carbocycles. The number of nitrogens with one attached hydrogen (secondary N) is 1. The highest BCUT2D eigenvalue weighted by atomic mass is 16.7. The molecule has 0 saturated carbocycles. The fourth-order valence-electron chi connectivity index (χ4n) is 7.50. The first-order chi connectivity index (χ1) is 29.8. The second-order valence-electron chi connectivity index (χ2n) is 17.2. The third kappa shape index (κ3) is 32.2. The minimum absolute atomic E-state index is 0.207. The highest BCUT2D eigenvalue weighted by Crippen LogP contribution is 2.22. The molecule has 1 saturated heterocycles. The molecule has 9 nitrogen and oxygen atoms in total. The van der Waals surface area contributed by atoms with Gasteiger partial charge in [0, 0.05) is 6.42 Å². The SMILES string of the molecule is CCCC/C=C\C/C=C\CCCCCCCC(=O)NC(COC1OC(CO)C(O)C(O)C1O)C(O)/C=C/CC/C=C/CC/C=C/CCCCCCCCCCCCCCCC. The van der Waals surface area contributed by atoms with Gasteiger partial charge in [0.15, 0.2) is 6.29 Å². The van der Waals surface area contributed by atoms with Crippen molar-refractivity contribution in [2.45, 2.75) is 249 Å². The number of unbranched alkanes of at least 4 members (excludes halogenated alkanes) is 23. The van der Waals surface area contributed by atoms with Crippen LogP contribution in [0, 0.1) is 0 Å². The number of rotatable bonds is 41. The molecule has 0 aromatic rings. The van der Waals surface area contributed by atoms with Crippen molar-refractivity contribution in [1.29, 1.82) is 0 Å². The molecular weight excluding hydrogens is 767 g/mol. The molecule has 354 valence electrons. The average Bonchev–Trinajstić information content (AvgIpc) is 3.26. The lowest BCUT2D eigenvalue weighted by atomic mass is 9.99. The van der Waals surface area contributed by atoms with Gasteiger partial charge in [-0.2, -0.15) is 0 Å². The summed E-state index contributed by atoms with van der Waals surface area (Å²) in [6, 6.07) is -0.837. The van der Waals surface area contributed by atoms with Crippen LogP contribution < -0.4 is 5.32 Å². The maximum Gasteiger partial charge on any atom is 0.220 e. The van der Waals surface area contributed by atoms with E-state index in [1.54, 1.807) is 6.08 Å². The summed E-state index contributed by atoms with van der Waals surface area (Å²) in [7, 11) is 0. The Morgan fingerprint density at radius 2 is 1.00 bits per heavy atom. The van der Waals surface area contributed by atoms with E-state index in [1.807, 2.05) is 6.08 Å². The molecule has 1 rings (SSSR count). The Bertz CT molecular complexity index is 1140. The third-order valence-electron chi connectivity index (χ3n) is 11.5. The summed E-state index contributed by atoms with van der Waals surface area (Å²) in [6.07, 6.45) is 48.5. The van der Waals surface area contributed by atoms with Gasteiger partial charge in [0.05, 0.1) is 25.4 Å². The Morgan fingerprint density at radius 3 is 1.52 bits per heavy atom. The maximum atomic E-state index is 13.0. The van der Waals surface area contributed by atoms with E-state index < -0.39 is 49.5 Å². The molecule has 0 aromatic heterocycles. The highest BCUT2D eigenvalue weighted by Gasteiger charge is 2.44. The van der Waals surface area contributed by atoms with Crippen LogP contribution in [0.4, 0.5) is 0 Å². The topological polar surface area (TPSA) is 149 Å². The van der Waals surface area contributed by atoms with Gasteiger partial charge < -0.3 is 40.3 Å². The zero-order chi connectivity index (χ0) is 44.4. The van der Waals surface area contributed by atoms with Crippen LogP contribution in [0.5, 0.6) is 0 Å². The third-order valence-corrected chi connectivity index (χ3v) is 11.5. The van der Waals surface area contributed by atoms with Crippen molar-refractivity contribution >= 4 is 5.91 Å². The van der Waals surface area contributed by atoms with Gasteiger partial charge >= 0.3 is 0 Å². The van der Waals surface area contributed by atoms with Gasteiger partial charge in [-0.1, -0.05) is 190 Å². The minimum Gasteiger partial charge on any atom is -0.394 e. The number of allylic oxidation sites excluding steroid dienone is 9. The summed E-state index contributed by atoms with van der Waals surface area (Å²) in [5, 5.41) is 54.2. The van der Waals surface area contributed by atoms with Crippen LogP contribution in [0.2, 0.25) is 0 Å². The van der Waals surface area contributed by atoms with Crippen LogP contribution in [0.25, 0.3) is 0 Å². The van der Waals surface area contributed by atoms with Gasteiger partial charge in [-0.05, 0) is 70.6 Å². The van der Waals surface area contributed by atoms with E-state index in [9.17, 15) is 30.3 Å². The Hall–Kier alpha value is -2.11. The molecule has 0 spiro atoms. The molecule has 1 aliphatic heterocycles. The predicted molar refractivity (Wildman–Crippen MR) is 253 cm³/mol. The lowest BCUT2D eigenvalue weighted by Gasteiger charge is -2.40. The number of aliphatic hydroxyl groups excluding tert-OH is 5. The van der Waals surface area contributed by atoms with Gasteiger partial charge in [-0.15, -0.1) is 0 Å². The molecule has 6 N–H and O–H groups in total. The summed E-state index contributed by atoms with van der Waals surface area (Å²) in [5.74, 6) is -0.207. The zero-order valence-electron chi connectivity index (χ0n) is 38.9. The van der Waals surface area contributed by atoms with E-state index in [0.29, 0.717) is 6.42 Å². The molecule has 0 aromatic carbocycles. The Kier molecular flexibility index (Phi) is 39.1. The quantitative estimate of drug-likeness (QED) is 0.0263. The Balaban J connectivity index is 2.34. The molecular formula is C52H93NO8. The van der Waals surface area contributed by atoms with Crippen LogP contribution in [-0.4, -0.2) is 87.5 Å². The fourth-order valence-corrected chi connectivity index (χ4v) is 7.50. The van der Waals surface area contributed by atoms with E-state index in [4.69, 9.17) is 9.47 Å². The minimum atomic E-state index is -1.58. The van der Waals surface area contributed by atoms with Gasteiger partial charge in [0.2, 0.25) is 5.91 Å². The first kappa shape index (κ1) is 56.9. The second-order valence-corrected chi connectivity index (χ2v) is 17.2. The predicted octanol–water partition coefficient (Wildman–Crippen LogP) is 11.2. The standard InChI is InChI=1S/C52H93NO8/c1-3-5-7-9-11-13-15-17-19-20-21-22-23-24-25-26-27-28-29-31-33-35-37-39-41-46(55)45(44-60-52-51(59)50(58)49(57)47(43-54)61-52)53-48(56)42-40-38-36-34-32-30-18-16-14-12-10-8-6-4-2/h10,12,16,18,26-27,31,33,39,41,45-47,49-52,54-55,57-59H,3-9,11,13-15,17,19-25,28-30,32,34-38,40,42-44H2,1-2H3,(H,53,56)/b12-10-,18-16-,27-26+,33-31+,41-39+. The van der Waals surface area contributed by atoms with Gasteiger partial charge in [-0.3, -0.25) is 4.79 Å². The largest absolute Gasteiger partial charge is 0.394 e. The number of carbonyl (C=O) groups is 1. The van der Waals surface area contributed by atoms with Crippen LogP contribution in [0.3, 0.4) is 0 Å². The van der Waals surface area contributed by atoms with Crippen molar-refractivity contribution in [2.75, 3.05) is 13.2 Å². The average molecular weight is 860 g/mol. The molecule has 9 heteroatoms. The van der Waals surface area contributed by atoms with Crippen LogP contribution in [0.15, 0.2) is 60.8 Å². The summed E-state index contributed by atoms with van der Waals surface area (Å²) in [6.45, 7) is 3.70. The molecule has 7 atom stereocenters. The van der Waals surface area contributed by atoms with E-state index >= 15 is 0 Å². The highest BCUT2D eigenvalue weighted by molar-refractivity contribution is 5.76. The monoisotopic (exact) mass is 860 g/mol. The van der Waals surface area contributed by atoms with Crippen LogP contribution >= 0.6 is 0 Å². The number of amides is 1. The molecule has 61 heavy (non-hydrogen) atoms. The lowest BCUT2D eigenvalue weighted by molar-refractivity contribution is -0.302. The molecule has 1 fully saturated rings. The van der Waals surface area contributed by atoms with Gasteiger partial charge in [0.25, 0.3) is 0 Å². The van der Waals surface area contributed by atoms with E-state index in [0.717, 1.165) is 77.0 Å². The summed E-state index contributed by atoms with van der Waals surface area (Å²) >= 11 is 0. The number of hydrogen-bond donors (Lipinski definition) is 6. The fraction of sp³-hybridized carbons (Fsp3) is 0.788. The summed E-state index contributed by atoms with van der Waals surface area (Å²) in [4.78, 5) is 13.0. The number of carbonyl (C=O) groups excluding carboxylic acids is 1. The molecule has 7 unspecified atom stereocenters. The first-order valence-electron chi connectivity index (χ1n) is 25.0. The smallest absolute Gasteiger partial charge is 0.220 e. The van der Waals surface area contributed by atoms with Crippen LogP contribution in [0.1, 0.15) is 206 Å². The van der Waals surface area contributed by atoms with E-state index in [1.165, 1.54) is 109 Å².